The van der Waals surface area contributed by atoms with Crippen LogP contribution >= 0.6 is 0 Å². The lowest BCUT2D eigenvalue weighted by Gasteiger charge is -2.22. The zero-order valence-corrected chi connectivity index (χ0v) is 10.3. The van der Waals surface area contributed by atoms with Crippen LogP contribution in [0.5, 0.6) is 11.5 Å². The van der Waals surface area contributed by atoms with Gasteiger partial charge in [0.25, 0.3) is 5.91 Å². The summed E-state index contributed by atoms with van der Waals surface area (Å²) in [5.41, 5.74) is 5.80. The third-order valence-electron chi connectivity index (χ3n) is 3.46. The van der Waals surface area contributed by atoms with E-state index in [1.807, 2.05) is 0 Å². The number of ether oxygens (including phenoxy) is 2. The first-order chi connectivity index (χ1) is 9.16. The van der Waals surface area contributed by atoms with Gasteiger partial charge in [-0.15, -0.1) is 0 Å². The smallest absolute Gasteiger partial charge is 0.254 e. The summed E-state index contributed by atoms with van der Waals surface area (Å²) < 4.78 is 10.4. The highest BCUT2D eigenvalue weighted by Crippen LogP contribution is 2.33. The molecule has 2 aliphatic heterocycles. The Bertz CT molecular complexity index is 543. The zero-order valence-electron chi connectivity index (χ0n) is 10.3. The van der Waals surface area contributed by atoms with Crippen molar-refractivity contribution in [2.24, 2.45) is 5.73 Å². The van der Waals surface area contributed by atoms with Gasteiger partial charge in [0.2, 0.25) is 12.7 Å². The number of rotatable bonds is 2. The van der Waals surface area contributed by atoms with Crippen molar-refractivity contribution in [3.8, 4) is 11.5 Å². The molecular formula is C13H14N2O4. The Hall–Kier alpha value is -2.24. The molecule has 3 rings (SSSR count). The summed E-state index contributed by atoms with van der Waals surface area (Å²) in [5, 5.41) is 0. The summed E-state index contributed by atoms with van der Waals surface area (Å²) in [4.78, 5) is 25.2. The van der Waals surface area contributed by atoms with Gasteiger partial charge in [0.15, 0.2) is 11.5 Å². The Labute approximate surface area is 110 Å². The lowest BCUT2D eigenvalue weighted by Crippen LogP contribution is -2.43. The van der Waals surface area contributed by atoms with E-state index in [2.05, 4.69) is 0 Å². The van der Waals surface area contributed by atoms with E-state index in [0.29, 0.717) is 30.0 Å². The second-order valence-electron chi connectivity index (χ2n) is 4.63. The molecular weight excluding hydrogens is 248 g/mol. The van der Waals surface area contributed by atoms with Crippen LogP contribution in [0.3, 0.4) is 0 Å². The van der Waals surface area contributed by atoms with E-state index in [0.717, 1.165) is 6.42 Å². The molecule has 0 unspecified atom stereocenters. The predicted octanol–water partition coefficient (Wildman–Crippen LogP) is 0.505. The number of benzene rings is 1. The minimum atomic E-state index is -0.502. The van der Waals surface area contributed by atoms with E-state index in [-0.39, 0.29) is 12.7 Å². The molecule has 2 N–H and O–H groups in total. The Kier molecular flexibility index (Phi) is 2.77. The molecule has 19 heavy (non-hydrogen) atoms. The number of fused-ring (bicyclic) bond motifs is 1. The van der Waals surface area contributed by atoms with Crippen molar-refractivity contribution in [2.45, 2.75) is 18.9 Å². The van der Waals surface area contributed by atoms with E-state index in [4.69, 9.17) is 15.2 Å². The van der Waals surface area contributed by atoms with E-state index in [1.54, 1.807) is 18.2 Å². The van der Waals surface area contributed by atoms with Crippen LogP contribution < -0.4 is 15.2 Å². The molecule has 2 aliphatic rings. The summed E-state index contributed by atoms with van der Waals surface area (Å²) in [6.07, 6.45) is 1.43. The number of amides is 2. The van der Waals surface area contributed by atoms with Crippen LogP contribution in [-0.2, 0) is 4.79 Å². The monoisotopic (exact) mass is 262 g/mol. The van der Waals surface area contributed by atoms with Gasteiger partial charge < -0.3 is 20.1 Å². The number of carbonyl (C=O) groups excluding carboxylic acids is 2. The second kappa shape index (κ2) is 4.46. The van der Waals surface area contributed by atoms with Crippen molar-refractivity contribution >= 4 is 11.8 Å². The standard InChI is InChI=1S/C13H14N2O4/c14-12(16)9-2-1-5-15(9)13(17)8-3-4-10-11(6-8)19-7-18-10/h3-4,6,9H,1-2,5,7H2,(H2,14,16)/t9-/m0/s1. The third-order valence-corrected chi connectivity index (χ3v) is 3.46. The van der Waals surface area contributed by atoms with E-state index < -0.39 is 11.9 Å². The summed E-state index contributed by atoms with van der Waals surface area (Å²) >= 11 is 0. The molecule has 0 aliphatic carbocycles. The number of hydrogen-bond acceptors (Lipinski definition) is 4. The molecule has 0 saturated carbocycles. The molecule has 6 nitrogen and oxygen atoms in total. The Morgan fingerprint density at radius 1 is 1.26 bits per heavy atom. The fourth-order valence-corrected chi connectivity index (χ4v) is 2.50. The maximum atomic E-state index is 12.4. The quantitative estimate of drug-likeness (QED) is 0.841. The molecule has 2 heterocycles. The van der Waals surface area contributed by atoms with Crippen molar-refractivity contribution < 1.29 is 19.1 Å². The lowest BCUT2D eigenvalue weighted by atomic mass is 10.1. The first-order valence-corrected chi connectivity index (χ1v) is 6.17. The SMILES string of the molecule is NC(=O)[C@@H]1CCCN1C(=O)c1ccc2c(c1)OCO2. The highest BCUT2D eigenvalue weighted by atomic mass is 16.7. The summed E-state index contributed by atoms with van der Waals surface area (Å²) in [5.74, 6) is 0.538. The zero-order chi connectivity index (χ0) is 13.4. The fraction of sp³-hybridized carbons (Fsp3) is 0.385. The molecule has 2 amide bonds. The molecule has 1 aromatic carbocycles. The topological polar surface area (TPSA) is 81.9 Å². The highest BCUT2D eigenvalue weighted by Gasteiger charge is 2.33. The number of primary amides is 1. The fourth-order valence-electron chi connectivity index (χ4n) is 2.50. The largest absolute Gasteiger partial charge is 0.454 e. The van der Waals surface area contributed by atoms with Gasteiger partial charge in [-0.25, -0.2) is 0 Å². The Morgan fingerprint density at radius 3 is 2.84 bits per heavy atom. The molecule has 0 bridgehead atoms. The van der Waals surface area contributed by atoms with Gasteiger partial charge in [0.05, 0.1) is 0 Å². The number of nitrogens with zero attached hydrogens (tertiary/aromatic N) is 1. The van der Waals surface area contributed by atoms with Crippen LogP contribution in [-0.4, -0.2) is 36.1 Å². The summed E-state index contributed by atoms with van der Waals surface area (Å²) in [6.45, 7) is 0.724. The van der Waals surface area contributed by atoms with Crippen molar-refractivity contribution in [2.75, 3.05) is 13.3 Å². The predicted molar refractivity (Wildman–Crippen MR) is 65.8 cm³/mol. The normalized spacial score (nSPS) is 20.6. The van der Waals surface area contributed by atoms with Gasteiger partial charge in [-0.3, -0.25) is 9.59 Å². The van der Waals surface area contributed by atoms with Crippen LogP contribution in [0.2, 0.25) is 0 Å². The molecule has 100 valence electrons. The minimum absolute atomic E-state index is 0.167. The van der Waals surface area contributed by atoms with Gasteiger partial charge in [-0.2, -0.15) is 0 Å². The molecule has 0 aromatic heterocycles. The second-order valence-corrected chi connectivity index (χ2v) is 4.63. The minimum Gasteiger partial charge on any atom is -0.454 e. The van der Waals surface area contributed by atoms with Crippen LogP contribution in [0.25, 0.3) is 0 Å². The number of nitrogens with two attached hydrogens (primary N) is 1. The molecule has 1 fully saturated rings. The lowest BCUT2D eigenvalue weighted by molar-refractivity contribution is -0.121. The van der Waals surface area contributed by atoms with Crippen LogP contribution in [0.4, 0.5) is 0 Å². The van der Waals surface area contributed by atoms with E-state index in [9.17, 15) is 9.59 Å². The van der Waals surface area contributed by atoms with Gasteiger partial charge in [-0.05, 0) is 31.0 Å². The average Bonchev–Trinajstić information content (AvgIpc) is 3.05. The molecule has 0 spiro atoms. The Balaban J connectivity index is 1.85. The molecule has 6 heteroatoms. The van der Waals surface area contributed by atoms with Crippen LogP contribution in [0.1, 0.15) is 23.2 Å². The Morgan fingerprint density at radius 2 is 2.05 bits per heavy atom. The first-order valence-electron chi connectivity index (χ1n) is 6.17. The third kappa shape index (κ3) is 1.99. The number of hydrogen-bond donors (Lipinski definition) is 1. The summed E-state index contributed by atoms with van der Waals surface area (Å²) in [7, 11) is 0. The molecule has 1 atom stereocenters. The first kappa shape index (κ1) is 11.8. The van der Waals surface area contributed by atoms with Gasteiger partial charge >= 0.3 is 0 Å². The number of likely N-dealkylation sites (tertiary alicyclic amines) is 1. The molecule has 1 saturated heterocycles. The van der Waals surface area contributed by atoms with Crippen LogP contribution in [0.15, 0.2) is 18.2 Å². The number of carbonyl (C=O) groups is 2. The van der Waals surface area contributed by atoms with Crippen molar-refractivity contribution in [3.05, 3.63) is 23.8 Å². The molecule has 0 radical (unpaired) electrons. The maximum absolute atomic E-state index is 12.4. The van der Waals surface area contributed by atoms with Crippen molar-refractivity contribution in [3.63, 3.8) is 0 Å². The maximum Gasteiger partial charge on any atom is 0.254 e. The molecule has 1 aromatic rings. The highest BCUT2D eigenvalue weighted by molar-refractivity contribution is 5.98. The van der Waals surface area contributed by atoms with Gasteiger partial charge in [0, 0.05) is 12.1 Å². The van der Waals surface area contributed by atoms with Crippen LogP contribution in [0, 0.1) is 0 Å². The van der Waals surface area contributed by atoms with Crippen molar-refractivity contribution in [1.82, 2.24) is 4.90 Å². The van der Waals surface area contributed by atoms with Crippen molar-refractivity contribution in [1.29, 1.82) is 0 Å². The van der Waals surface area contributed by atoms with Gasteiger partial charge in [0.1, 0.15) is 6.04 Å². The average molecular weight is 262 g/mol. The summed E-state index contributed by atoms with van der Waals surface area (Å²) in [6, 6.07) is 4.51. The van der Waals surface area contributed by atoms with Gasteiger partial charge in [-0.1, -0.05) is 0 Å². The van der Waals surface area contributed by atoms with E-state index >= 15 is 0 Å². The van der Waals surface area contributed by atoms with E-state index in [1.165, 1.54) is 4.90 Å².